The molecule has 1 atom stereocenters. The lowest BCUT2D eigenvalue weighted by molar-refractivity contribution is -0.145. The van der Waals surface area contributed by atoms with E-state index in [1.54, 1.807) is 6.92 Å². The van der Waals surface area contributed by atoms with Gasteiger partial charge in [0.25, 0.3) is 0 Å². The third-order valence-corrected chi connectivity index (χ3v) is 3.33. The normalized spacial score (nSPS) is 14.7. The van der Waals surface area contributed by atoms with Crippen LogP contribution in [0.2, 0.25) is 0 Å². The topological polar surface area (TPSA) is 50.1 Å². The van der Waals surface area contributed by atoms with Gasteiger partial charge in [-0.3, -0.25) is 4.79 Å². The highest BCUT2D eigenvalue weighted by molar-refractivity contribution is 5.75. The Morgan fingerprint density at radius 3 is 2.94 bits per heavy atom. The van der Waals surface area contributed by atoms with Crippen LogP contribution in [0.25, 0.3) is 0 Å². The van der Waals surface area contributed by atoms with E-state index in [-0.39, 0.29) is 0 Å². The van der Waals surface area contributed by atoms with Gasteiger partial charge in [0, 0.05) is 0 Å². The van der Waals surface area contributed by atoms with Crippen LogP contribution in [0.5, 0.6) is 0 Å². The molecule has 1 aliphatic rings. The van der Waals surface area contributed by atoms with Crippen LogP contribution in [0.3, 0.4) is 0 Å². The van der Waals surface area contributed by atoms with Crippen LogP contribution >= 0.6 is 0 Å². The van der Waals surface area contributed by atoms with Gasteiger partial charge in [-0.2, -0.15) is 5.26 Å². The summed E-state index contributed by atoms with van der Waals surface area (Å²) in [6.45, 7) is 2.07. The molecular weight excluding hydrogens is 226 g/mol. The minimum absolute atomic E-state index is 0.321. The largest absolute Gasteiger partial charge is 0.465 e. The molecule has 1 aromatic carbocycles. The predicted octanol–water partition coefficient (Wildman–Crippen LogP) is 2.42. The third kappa shape index (κ3) is 2.70. The van der Waals surface area contributed by atoms with E-state index < -0.39 is 11.9 Å². The predicted molar refractivity (Wildman–Crippen MR) is 67.9 cm³/mol. The van der Waals surface area contributed by atoms with Crippen LogP contribution < -0.4 is 0 Å². The standard InChI is InChI=1S/C15H17NO2/c1-2-18-15(17)14(10-16)9-11-6-7-12-4-3-5-13(12)8-11/h6-8,14H,2-5,9H2,1H3. The first-order chi connectivity index (χ1) is 8.74. The minimum Gasteiger partial charge on any atom is -0.465 e. The maximum atomic E-state index is 11.6. The number of hydrogen-bond acceptors (Lipinski definition) is 3. The number of carbonyl (C=O) groups is 1. The van der Waals surface area contributed by atoms with E-state index in [2.05, 4.69) is 12.1 Å². The zero-order valence-corrected chi connectivity index (χ0v) is 10.6. The molecule has 1 aliphatic carbocycles. The lowest BCUT2D eigenvalue weighted by atomic mass is 9.97. The van der Waals surface area contributed by atoms with Crippen LogP contribution in [0.1, 0.15) is 30.0 Å². The van der Waals surface area contributed by atoms with Crippen molar-refractivity contribution in [1.29, 1.82) is 5.26 Å². The zero-order valence-electron chi connectivity index (χ0n) is 10.6. The molecule has 2 rings (SSSR count). The van der Waals surface area contributed by atoms with Crippen molar-refractivity contribution in [2.45, 2.75) is 32.6 Å². The summed E-state index contributed by atoms with van der Waals surface area (Å²) >= 11 is 0. The van der Waals surface area contributed by atoms with Gasteiger partial charge < -0.3 is 4.74 Å². The highest BCUT2D eigenvalue weighted by atomic mass is 16.5. The molecule has 0 N–H and O–H groups in total. The first-order valence-electron chi connectivity index (χ1n) is 6.41. The molecule has 3 heteroatoms. The van der Waals surface area contributed by atoms with Crippen molar-refractivity contribution in [3.63, 3.8) is 0 Å². The summed E-state index contributed by atoms with van der Waals surface area (Å²) in [7, 11) is 0. The van der Waals surface area contributed by atoms with Crippen LogP contribution in [0.15, 0.2) is 18.2 Å². The molecule has 94 valence electrons. The van der Waals surface area contributed by atoms with Gasteiger partial charge in [0.2, 0.25) is 0 Å². The summed E-state index contributed by atoms with van der Waals surface area (Å²) in [5, 5.41) is 9.03. The molecule has 0 aliphatic heterocycles. The monoisotopic (exact) mass is 243 g/mol. The molecule has 0 spiro atoms. The Morgan fingerprint density at radius 2 is 2.22 bits per heavy atom. The molecule has 1 unspecified atom stereocenters. The highest BCUT2D eigenvalue weighted by Crippen LogP contribution is 2.24. The number of benzene rings is 1. The van der Waals surface area contributed by atoms with Crippen LogP contribution in [0, 0.1) is 17.2 Å². The Morgan fingerprint density at radius 1 is 1.44 bits per heavy atom. The number of aryl methyl sites for hydroxylation is 2. The fraction of sp³-hybridized carbons (Fsp3) is 0.467. The molecule has 18 heavy (non-hydrogen) atoms. The molecule has 0 radical (unpaired) electrons. The molecule has 0 heterocycles. The number of rotatable bonds is 4. The molecule has 0 aromatic heterocycles. The van der Waals surface area contributed by atoms with Gasteiger partial charge in [-0.25, -0.2) is 0 Å². The van der Waals surface area contributed by atoms with Gasteiger partial charge in [0.1, 0.15) is 5.92 Å². The number of ether oxygens (including phenoxy) is 1. The van der Waals surface area contributed by atoms with Crippen molar-refractivity contribution in [3.05, 3.63) is 34.9 Å². The summed E-state index contributed by atoms with van der Waals surface area (Å²) in [6, 6.07) is 8.30. The summed E-state index contributed by atoms with van der Waals surface area (Å²) < 4.78 is 4.90. The summed E-state index contributed by atoms with van der Waals surface area (Å²) in [5.41, 5.74) is 3.83. The van der Waals surface area contributed by atoms with Crippen molar-refractivity contribution in [3.8, 4) is 6.07 Å². The average molecular weight is 243 g/mol. The Balaban J connectivity index is 2.08. The summed E-state index contributed by atoms with van der Waals surface area (Å²) in [4.78, 5) is 11.6. The van der Waals surface area contributed by atoms with Gasteiger partial charge in [0.05, 0.1) is 12.7 Å². The van der Waals surface area contributed by atoms with E-state index in [4.69, 9.17) is 10.00 Å². The van der Waals surface area contributed by atoms with Crippen LogP contribution in [-0.2, 0) is 28.8 Å². The van der Waals surface area contributed by atoms with Crippen molar-refractivity contribution >= 4 is 5.97 Å². The van der Waals surface area contributed by atoms with Gasteiger partial charge in [0.15, 0.2) is 0 Å². The second-order valence-corrected chi connectivity index (χ2v) is 4.59. The number of carbonyl (C=O) groups excluding carboxylic acids is 1. The molecule has 0 bridgehead atoms. The molecule has 0 amide bonds. The zero-order chi connectivity index (χ0) is 13.0. The van der Waals surface area contributed by atoms with Crippen molar-refractivity contribution in [1.82, 2.24) is 0 Å². The quantitative estimate of drug-likeness (QED) is 0.763. The fourth-order valence-corrected chi connectivity index (χ4v) is 2.41. The van der Waals surface area contributed by atoms with E-state index in [1.165, 1.54) is 17.5 Å². The SMILES string of the molecule is CCOC(=O)C(C#N)Cc1ccc2c(c1)CCC2. The minimum atomic E-state index is -0.690. The maximum Gasteiger partial charge on any atom is 0.323 e. The lowest BCUT2D eigenvalue weighted by Crippen LogP contribution is -2.18. The lowest BCUT2D eigenvalue weighted by Gasteiger charge is -2.09. The highest BCUT2D eigenvalue weighted by Gasteiger charge is 2.20. The van der Waals surface area contributed by atoms with E-state index in [1.807, 2.05) is 12.1 Å². The second kappa shape index (κ2) is 5.68. The maximum absolute atomic E-state index is 11.6. The van der Waals surface area contributed by atoms with Crippen LogP contribution in [-0.4, -0.2) is 12.6 Å². The fourth-order valence-electron chi connectivity index (χ4n) is 2.41. The average Bonchev–Trinajstić information content (AvgIpc) is 2.83. The van der Waals surface area contributed by atoms with Gasteiger partial charge in [-0.15, -0.1) is 0 Å². The molecule has 1 aromatic rings. The number of fused-ring (bicyclic) bond motifs is 1. The second-order valence-electron chi connectivity index (χ2n) is 4.59. The van der Waals surface area contributed by atoms with E-state index in [9.17, 15) is 4.79 Å². The van der Waals surface area contributed by atoms with E-state index in [0.29, 0.717) is 13.0 Å². The van der Waals surface area contributed by atoms with Gasteiger partial charge >= 0.3 is 5.97 Å². The number of nitrogens with zero attached hydrogens (tertiary/aromatic N) is 1. The summed E-state index contributed by atoms with van der Waals surface area (Å²) in [6.07, 6.45) is 3.91. The molecular formula is C15H17NO2. The molecule has 0 saturated carbocycles. The molecule has 0 fully saturated rings. The van der Waals surface area contributed by atoms with Crippen molar-refractivity contribution < 1.29 is 9.53 Å². The number of esters is 1. The third-order valence-electron chi connectivity index (χ3n) is 3.33. The Kier molecular flexibility index (Phi) is 3.99. The van der Waals surface area contributed by atoms with Gasteiger partial charge in [-0.1, -0.05) is 18.2 Å². The number of nitriles is 1. The first-order valence-corrected chi connectivity index (χ1v) is 6.41. The number of hydrogen-bond donors (Lipinski definition) is 0. The van der Waals surface area contributed by atoms with Crippen molar-refractivity contribution in [2.24, 2.45) is 5.92 Å². The van der Waals surface area contributed by atoms with Crippen molar-refractivity contribution in [2.75, 3.05) is 6.61 Å². The van der Waals surface area contributed by atoms with Gasteiger partial charge in [-0.05, 0) is 49.3 Å². The smallest absolute Gasteiger partial charge is 0.323 e. The molecule has 3 nitrogen and oxygen atoms in total. The van der Waals surface area contributed by atoms with E-state index in [0.717, 1.165) is 18.4 Å². The summed E-state index contributed by atoms with van der Waals surface area (Å²) in [5.74, 6) is -1.11. The molecule has 0 saturated heterocycles. The van der Waals surface area contributed by atoms with Crippen LogP contribution in [0.4, 0.5) is 0 Å². The Labute approximate surface area is 107 Å². The van der Waals surface area contributed by atoms with E-state index >= 15 is 0 Å². The first kappa shape index (κ1) is 12.6. The Bertz CT molecular complexity index is 488. The Hall–Kier alpha value is -1.82.